The zero-order valence-electron chi connectivity index (χ0n) is 5.99. The Balaban J connectivity index is 2.78. The van der Waals surface area contributed by atoms with Gasteiger partial charge in [-0.05, 0) is 0 Å². The lowest BCUT2D eigenvalue weighted by Crippen LogP contribution is -2.29. The van der Waals surface area contributed by atoms with Crippen LogP contribution in [0.25, 0.3) is 0 Å². The molecule has 0 aromatic heterocycles. The molecule has 66 valence electrons. The first-order chi connectivity index (χ1) is 5.57. The number of hydroxylamine groups is 2. The SMILES string of the molecule is O=C(CI)C1CC(=O)N(O)C1=O. The van der Waals surface area contributed by atoms with Crippen molar-refractivity contribution >= 4 is 40.2 Å². The Morgan fingerprint density at radius 3 is 2.58 bits per heavy atom. The number of hydrogen-bond donors (Lipinski definition) is 1. The number of carbonyl (C=O) groups excluding carboxylic acids is 3. The summed E-state index contributed by atoms with van der Waals surface area (Å²) < 4.78 is 0.176. The van der Waals surface area contributed by atoms with E-state index in [-0.39, 0.29) is 21.7 Å². The number of alkyl halides is 1. The zero-order chi connectivity index (χ0) is 9.30. The Kier molecular flexibility index (Phi) is 2.78. The first-order valence-corrected chi connectivity index (χ1v) is 4.75. The summed E-state index contributed by atoms with van der Waals surface area (Å²) in [4.78, 5) is 32.7. The molecule has 1 unspecified atom stereocenters. The van der Waals surface area contributed by atoms with E-state index in [1.54, 1.807) is 0 Å². The van der Waals surface area contributed by atoms with Crippen LogP contribution >= 0.6 is 22.6 Å². The van der Waals surface area contributed by atoms with Crippen molar-refractivity contribution in [3.8, 4) is 0 Å². The lowest BCUT2D eigenvalue weighted by atomic mass is 10.0. The molecule has 1 aliphatic rings. The maximum absolute atomic E-state index is 11.0. The average Bonchev–Trinajstić information content (AvgIpc) is 2.32. The molecule has 1 saturated heterocycles. The van der Waals surface area contributed by atoms with E-state index in [1.807, 2.05) is 22.6 Å². The van der Waals surface area contributed by atoms with Crippen LogP contribution in [0.4, 0.5) is 0 Å². The molecule has 1 atom stereocenters. The van der Waals surface area contributed by atoms with Gasteiger partial charge in [0.15, 0.2) is 5.78 Å². The van der Waals surface area contributed by atoms with Crippen molar-refractivity contribution in [2.75, 3.05) is 4.43 Å². The summed E-state index contributed by atoms with van der Waals surface area (Å²) in [6.45, 7) is 0. The highest BCUT2D eigenvalue weighted by Crippen LogP contribution is 2.19. The highest BCUT2D eigenvalue weighted by molar-refractivity contribution is 14.1. The topological polar surface area (TPSA) is 74.7 Å². The highest BCUT2D eigenvalue weighted by atomic mass is 127. The predicted molar refractivity (Wildman–Crippen MR) is 45.6 cm³/mol. The molecular formula is C6H6INO4. The van der Waals surface area contributed by atoms with Crippen LogP contribution in [-0.4, -0.2) is 32.3 Å². The Hall–Kier alpha value is -0.500. The second kappa shape index (κ2) is 3.48. The van der Waals surface area contributed by atoms with Crippen LogP contribution in [-0.2, 0) is 14.4 Å². The van der Waals surface area contributed by atoms with Gasteiger partial charge in [0.2, 0.25) is 0 Å². The lowest BCUT2D eigenvalue weighted by Gasteiger charge is -2.03. The second-order valence-electron chi connectivity index (χ2n) is 2.40. The van der Waals surface area contributed by atoms with E-state index in [2.05, 4.69) is 0 Å². The van der Waals surface area contributed by atoms with Crippen LogP contribution in [0.1, 0.15) is 6.42 Å². The van der Waals surface area contributed by atoms with E-state index in [1.165, 1.54) is 0 Å². The number of imide groups is 1. The standard InChI is InChI=1S/C6H6INO4/c7-2-4(9)3-1-5(10)8(12)6(3)11/h3,12H,1-2H2. The van der Waals surface area contributed by atoms with Gasteiger partial charge in [0.1, 0.15) is 5.92 Å². The molecule has 1 fully saturated rings. The highest BCUT2D eigenvalue weighted by Gasteiger charge is 2.41. The average molecular weight is 283 g/mol. The fourth-order valence-electron chi connectivity index (χ4n) is 0.964. The molecule has 12 heavy (non-hydrogen) atoms. The summed E-state index contributed by atoms with van der Waals surface area (Å²) >= 11 is 1.81. The third kappa shape index (κ3) is 1.48. The van der Waals surface area contributed by atoms with Crippen molar-refractivity contribution in [1.29, 1.82) is 0 Å². The number of hydrogen-bond acceptors (Lipinski definition) is 4. The Bertz CT molecular complexity index is 252. The number of Topliss-reactive ketones (excluding diaryl/α,β-unsaturated/α-hetero) is 1. The second-order valence-corrected chi connectivity index (χ2v) is 3.16. The van der Waals surface area contributed by atoms with Gasteiger partial charge in [-0.25, -0.2) is 0 Å². The molecule has 2 amide bonds. The maximum atomic E-state index is 11.0. The number of rotatable bonds is 2. The molecule has 0 bridgehead atoms. The fourth-order valence-corrected chi connectivity index (χ4v) is 1.50. The predicted octanol–water partition coefficient (Wildman–Crippen LogP) is -0.245. The van der Waals surface area contributed by atoms with E-state index >= 15 is 0 Å². The van der Waals surface area contributed by atoms with Gasteiger partial charge in [0.05, 0.1) is 4.43 Å². The molecule has 0 aliphatic carbocycles. The summed E-state index contributed by atoms with van der Waals surface area (Å²) in [6, 6.07) is 0. The van der Waals surface area contributed by atoms with Gasteiger partial charge in [-0.2, -0.15) is 5.06 Å². The quantitative estimate of drug-likeness (QED) is 0.249. The van der Waals surface area contributed by atoms with Crippen molar-refractivity contribution < 1.29 is 19.6 Å². The minimum atomic E-state index is -0.959. The van der Waals surface area contributed by atoms with Gasteiger partial charge < -0.3 is 0 Å². The van der Waals surface area contributed by atoms with E-state index in [4.69, 9.17) is 5.21 Å². The van der Waals surface area contributed by atoms with Gasteiger partial charge >= 0.3 is 0 Å². The molecule has 1 N–H and O–H groups in total. The van der Waals surface area contributed by atoms with E-state index in [0.717, 1.165) is 0 Å². The Morgan fingerprint density at radius 2 is 2.25 bits per heavy atom. The molecular weight excluding hydrogens is 277 g/mol. The van der Waals surface area contributed by atoms with E-state index in [9.17, 15) is 14.4 Å². The first kappa shape index (κ1) is 9.59. The number of ketones is 1. The van der Waals surface area contributed by atoms with Crippen LogP contribution in [0, 0.1) is 5.92 Å². The van der Waals surface area contributed by atoms with Crippen LogP contribution in [0.3, 0.4) is 0 Å². The summed E-state index contributed by atoms with van der Waals surface area (Å²) in [6.07, 6.45) is -0.197. The fraction of sp³-hybridized carbons (Fsp3) is 0.500. The lowest BCUT2D eigenvalue weighted by molar-refractivity contribution is -0.172. The molecule has 0 aromatic carbocycles. The van der Waals surface area contributed by atoms with Crippen LogP contribution in [0.2, 0.25) is 0 Å². The van der Waals surface area contributed by atoms with Crippen LogP contribution in [0.15, 0.2) is 0 Å². The number of amides is 2. The Morgan fingerprint density at radius 1 is 1.67 bits per heavy atom. The minimum Gasteiger partial charge on any atom is -0.298 e. The molecule has 1 rings (SSSR count). The van der Waals surface area contributed by atoms with Gasteiger partial charge in [0, 0.05) is 6.42 Å². The minimum absolute atomic E-state index is 0.0227. The van der Waals surface area contributed by atoms with E-state index in [0.29, 0.717) is 0 Å². The largest absolute Gasteiger partial charge is 0.298 e. The zero-order valence-corrected chi connectivity index (χ0v) is 8.15. The molecule has 0 aromatic rings. The Labute approximate surface area is 81.8 Å². The molecule has 1 aliphatic heterocycles. The third-order valence-electron chi connectivity index (χ3n) is 1.64. The summed E-state index contributed by atoms with van der Waals surface area (Å²) in [5.41, 5.74) is 0. The van der Waals surface area contributed by atoms with Crippen molar-refractivity contribution in [3.63, 3.8) is 0 Å². The summed E-state index contributed by atoms with van der Waals surface area (Å²) in [5, 5.41) is 8.78. The summed E-state index contributed by atoms with van der Waals surface area (Å²) in [5.74, 6) is -2.78. The third-order valence-corrected chi connectivity index (χ3v) is 2.39. The van der Waals surface area contributed by atoms with Gasteiger partial charge in [-0.1, -0.05) is 22.6 Å². The van der Waals surface area contributed by atoms with Crippen LogP contribution in [0.5, 0.6) is 0 Å². The molecule has 6 heteroatoms. The van der Waals surface area contributed by atoms with Gasteiger partial charge in [-0.15, -0.1) is 0 Å². The van der Waals surface area contributed by atoms with Crippen molar-refractivity contribution in [3.05, 3.63) is 0 Å². The molecule has 1 heterocycles. The smallest absolute Gasteiger partial charge is 0.264 e. The molecule has 5 nitrogen and oxygen atoms in total. The van der Waals surface area contributed by atoms with Crippen molar-refractivity contribution in [2.24, 2.45) is 5.92 Å². The van der Waals surface area contributed by atoms with E-state index < -0.39 is 17.7 Å². The molecule has 0 radical (unpaired) electrons. The number of carbonyl (C=O) groups is 3. The normalized spacial score (nSPS) is 23.5. The van der Waals surface area contributed by atoms with Gasteiger partial charge in [0.25, 0.3) is 11.8 Å². The monoisotopic (exact) mass is 283 g/mol. The van der Waals surface area contributed by atoms with Crippen LogP contribution < -0.4 is 0 Å². The van der Waals surface area contributed by atoms with Crippen molar-refractivity contribution in [2.45, 2.75) is 6.42 Å². The number of nitrogens with zero attached hydrogens (tertiary/aromatic N) is 1. The van der Waals surface area contributed by atoms with Gasteiger partial charge in [-0.3, -0.25) is 19.6 Å². The summed E-state index contributed by atoms with van der Waals surface area (Å²) in [7, 11) is 0. The number of halogens is 1. The molecule has 0 spiro atoms. The molecule has 0 saturated carbocycles. The maximum Gasteiger partial charge on any atom is 0.264 e. The first-order valence-electron chi connectivity index (χ1n) is 3.22. The van der Waals surface area contributed by atoms with Crippen molar-refractivity contribution in [1.82, 2.24) is 5.06 Å².